The predicted molar refractivity (Wildman–Crippen MR) is 138 cm³/mol. The number of aromatic nitrogens is 4. The molecule has 2 unspecified atom stereocenters. The van der Waals surface area contributed by atoms with E-state index in [9.17, 15) is 17.6 Å². The minimum absolute atomic E-state index is 0.0948. The average Bonchev–Trinajstić information content (AvgIpc) is 3.64. The van der Waals surface area contributed by atoms with Crippen molar-refractivity contribution >= 4 is 32.7 Å². The van der Waals surface area contributed by atoms with E-state index >= 15 is 0 Å². The Morgan fingerprint density at radius 2 is 1.95 bits per heavy atom. The number of benzene rings is 1. The summed E-state index contributed by atoms with van der Waals surface area (Å²) in [6.07, 6.45) is 4.04. The Labute approximate surface area is 219 Å². The van der Waals surface area contributed by atoms with E-state index < -0.39 is 22.0 Å². The molecule has 0 radical (unpaired) electrons. The molecule has 0 aliphatic carbocycles. The molecule has 12 heteroatoms. The molecule has 2 saturated heterocycles. The molecule has 2 aliphatic heterocycles. The van der Waals surface area contributed by atoms with E-state index in [1.54, 1.807) is 11.0 Å². The molecule has 0 bridgehead atoms. The third-order valence-electron chi connectivity index (χ3n) is 7.50. The number of hydrogen-bond acceptors (Lipinski definition) is 7. The van der Waals surface area contributed by atoms with Crippen LogP contribution in [0.25, 0.3) is 22.2 Å². The summed E-state index contributed by atoms with van der Waals surface area (Å²) in [5.41, 5.74) is 4.67. The van der Waals surface area contributed by atoms with Gasteiger partial charge in [-0.25, -0.2) is 22.7 Å². The zero-order valence-electron chi connectivity index (χ0n) is 21.3. The number of nitrogens with zero attached hydrogens (tertiary/aromatic N) is 6. The van der Waals surface area contributed by atoms with Crippen LogP contribution in [0.5, 0.6) is 0 Å². The van der Waals surface area contributed by atoms with Gasteiger partial charge in [0.05, 0.1) is 47.0 Å². The van der Waals surface area contributed by atoms with Crippen LogP contribution in [0.15, 0.2) is 41.1 Å². The fourth-order valence-corrected chi connectivity index (χ4v) is 6.65. The molecule has 198 valence electrons. The van der Waals surface area contributed by atoms with Crippen LogP contribution in [0.2, 0.25) is 0 Å². The van der Waals surface area contributed by atoms with Crippen molar-refractivity contribution < 1.29 is 22.1 Å². The molecule has 4 aromatic rings. The lowest BCUT2D eigenvalue weighted by atomic mass is 10.0. The highest BCUT2D eigenvalue weighted by Gasteiger charge is 2.40. The van der Waals surface area contributed by atoms with E-state index in [1.807, 2.05) is 32.0 Å². The molecule has 38 heavy (non-hydrogen) atoms. The van der Waals surface area contributed by atoms with Gasteiger partial charge >= 0.3 is 0 Å². The smallest absolute Gasteiger partial charge is 0.227 e. The molecule has 0 N–H and O–H groups in total. The number of halogens is 1. The third kappa shape index (κ3) is 4.08. The van der Waals surface area contributed by atoms with E-state index in [0.717, 1.165) is 27.9 Å². The molecule has 3 aromatic heterocycles. The molecule has 1 amide bonds. The van der Waals surface area contributed by atoms with Crippen LogP contribution in [-0.4, -0.2) is 57.7 Å². The minimum atomic E-state index is -3.35. The fourth-order valence-electron chi connectivity index (χ4n) is 5.77. The SMILES string of the molecule is Cc1noc(C)c1-c1ccc2c(c1)nc(C1CCC(=O)N1c1ccc(F)nc1)n2C1CCN(S(C)(=O)=O)C1. The number of sulfonamides is 1. The van der Waals surface area contributed by atoms with Crippen LogP contribution >= 0.6 is 0 Å². The molecule has 2 fully saturated rings. The standard InChI is InChI=1S/C26H27FN6O4S/c1-15-25(16(2)37-30-15)17-4-6-21-20(12-17)29-26(33(21)19-10-11-31(14-19)38(3,35)36)22-7-9-24(34)32(22)18-5-8-23(27)28-13-18/h4-6,8,12-13,19,22H,7,9-11,14H2,1-3H3. The first-order valence-corrected chi connectivity index (χ1v) is 14.3. The number of carbonyl (C=O) groups excluding carboxylic acids is 1. The topological polar surface area (TPSA) is 114 Å². The lowest BCUT2D eigenvalue weighted by molar-refractivity contribution is -0.117. The molecular weight excluding hydrogens is 511 g/mol. The highest BCUT2D eigenvalue weighted by molar-refractivity contribution is 7.88. The number of anilines is 1. The normalized spacial score (nSPS) is 20.7. The van der Waals surface area contributed by atoms with Crippen LogP contribution in [0.4, 0.5) is 10.1 Å². The Morgan fingerprint density at radius 3 is 2.61 bits per heavy atom. The maximum absolute atomic E-state index is 13.5. The second kappa shape index (κ2) is 8.98. The summed E-state index contributed by atoms with van der Waals surface area (Å²) in [5, 5.41) is 4.07. The van der Waals surface area contributed by atoms with Gasteiger partial charge in [-0.2, -0.15) is 4.39 Å². The van der Waals surface area contributed by atoms with Gasteiger partial charge in [0.1, 0.15) is 11.6 Å². The minimum Gasteiger partial charge on any atom is -0.361 e. The van der Waals surface area contributed by atoms with Gasteiger partial charge < -0.3 is 14.0 Å². The maximum atomic E-state index is 13.5. The van der Waals surface area contributed by atoms with E-state index in [2.05, 4.69) is 14.7 Å². The average molecular weight is 539 g/mol. The largest absolute Gasteiger partial charge is 0.361 e. The Balaban J connectivity index is 1.50. The summed E-state index contributed by atoms with van der Waals surface area (Å²) >= 11 is 0. The zero-order valence-corrected chi connectivity index (χ0v) is 22.1. The number of hydrogen-bond donors (Lipinski definition) is 0. The third-order valence-corrected chi connectivity index (χ3v) is 8.77. The molecule has 2 aliphatic rings. The summed E-state index contributed by atoms with van der Waals surface area (Å²) in [7, 11) is -3.35. The second-order valence-electron chi connectivity index (χ2n) is 9.96. The van der Waals surface area contributed by atoms with Crippen molar-refractivity contribution in [2.45, 2.75) is 45.2 Å². The summed E-state index contributed by atoms with van der Waals surface area (Å²) in [6, 6.07) is 8.17. The van der Waals surface area contributed by atoms with Gasteiger partial charge in [-0.15, -0.1) is 0 Å². The molecule has 5 heterocycles. The van der Waals surface area contributed by atoms with Gasteiger partial charge in [0, 0.05) is 25.1 Å². The summed E-state index contributed by atoms with van der Waals surface area (Å²) in [6.45, 7) is 4.48. The fraction of sp³-hybridized carbons (Fsp3) is 0.385. The van der Waals surface area contributed by atoms with Crippen LogP contribution in [-0.2, 0) is 14.8 Å². The number of aryl methyl sites for hydroxylation is 2. The highest BCUT2D eigenvalue weighted by Crippen LogP contribution is 2.41. The van der Waals surface area contributed by atoms with Gasteiger partial charge in [-0.1, -0.05) is 11.2 Å². The first-order chi connectivity index (χ1) is 18.1. The Morgan fingerprint density at radius 1 is 1.13 bits per heavy atom. The van der Waals surface area contributed by atoms with Crippen molar-refractivity contribution in [2.75, 3.05) is 24.2 Å². The van der Waals surface area contributed by atoms with Crippen molar-refractivity contribution in [3.05, 3.63) is 59.8 Å². The van der Waals surface area contributed by atoms with E-state index in [-0.39, 0.29) is 11.9 Å². The number of imidazole rings is 1. The van der Waals surface area contributed by atoms with Crippen LogP contribution < -0.4 is 4.90 Å². The lowest BCUT2D eigenvalue weighted by Gasteiger charge is -2.27. The van der Waals surface area contributed by atoms with Crippen molar-refractivity contribution in [1.29, 1.82) is 0 Å². The van der Waals surface area contributed by atoms with E-state index in [0.29, 0.717) is 49.6 Å². The Kier molecular flexibility index (Phi) is 5.84. The van der Waals surface area contributed by atoms with Crippen LogP contribution in [0, 0.1) is 19.8 Å². The quantitative estimate of drug-likeness (QED) is 0.354. The Bertz CT molecular complexity index is 1640. The first kappa shape index (κ1) is 24.7. The van der Waals surface area contributed by atoms with Crippen molar-refractivity contribution in [3.8, 4) is 11.1 Å². The van der Waals surface area contributed by atoms with Gasteiger partial charge in [-0.3, -0.25) is 4.79 Å². The van der Waals surface area contributed by atoms with Crippen LogP contribution in [0.3, 0.4) is 0 Å². The molecular formula is C26H27FN6O4S. The molecule has 6 rings (SSSR count). The number of amides is 1. The molecule has 0 spiro atoms. The first-order valence-electron chi connectivity index (χ1n) is 12.5. The Hall–Kier alpha value is -3.64. The van der Waals surface area contributed by atoms with Gasteiger partial charge in [0.15, 0.2) is 0 Å². The van der Waals surface area contributed by atoms with Crippen molar-refractivity contribution in [3.63, 3.8) is 0 Å². The number of fused-ring (bicyclic) bond motifs is 1. The van der Waals surface area contributed by atoms with Gasteiger partial charge in [0.2, 0.25) is 21.9 Å². The monoisotopic (exact) mass is 538 g/mol. The van der Waals surface area contributed by atoms with Crippen molar-refractivity contribution in [1.82, 2.24) is 24.0 Å². The predicted octanol–water partition coefficient (Wildman–Crippen LogP) is 3.92. The summed E-state index contributed by atoms with van der Waals surface area (Å²) < 4.78 is 47.1. The molecule has 2 atom stereocenters. The van der Waals surface area contributed by atoms with Gasteiger partial charge in [-0.05, 0) is 56.5 Å². The molecule has 1 aromatic carbocycles. The molecule has 10 nitrogen and oxygen atoms in total. The molecule has 0 saturated carbocycles. The lowest BCUT2D eigenvalue weighted by Crippen LogP contribution is -2.31. The van der Waals surface area contributed by atoms with E-state index in [1.165, 1.54) is 22.8 Å². The number of pyridine rings is 1. The number of carbonyl (C=O) groups is 1. The van der Waals surface area contributed by atoms with E-state index in [4.69, 9.17) is 9.51 Å². The maximum Gasteiger partial charge on any atom is 0.227 e. The highest BCUT2D eigenvalue weighted by atomic mass is 32.2. The number of rotatable bonds is 5. The summed E-state index contributed by atoms with van der Waals surface area (Å²) in [5.74, 6) is 0.661. The zero-order chi connectivity index (χ0) is 26.8. The summed E-state index contributed by atoms with van der Waals surface area (Å²) in [4.78, 5) is 23.4. The van der Waals surface area contributed by atoms with Crippen LogP contribution in [0.1, 0.15) is 48.6 Å². The van der Waals surface area contributed by atoms with Crippen molar-refractivity contribution in [2.24, 2.45) is 0 Å². The van der Waals surface area contributed by atoms with Gasteiger partial charge in [0.25, 0.3) is 0 Å². The second-order valence-corrected chi connectivity index (χ2v) is 11.9.